The van der Waals surface area contributed by atoms with Crippen molar-refractivity contribution >= 4 is 0 Å². The van der Waals surface area contributed by atoms with E-state index in [0.29, 0.717) is 6.54 Å². The summed E-state index contributed by atoms with van der Waals surface area (Å²) >= 11 is 0. The molecule has 1 heterocycles. The molecule has 0 radical (unpaired) electrons. The van der Waals surface area contributed by atoms with Crippen molar-refractivity contribution < 1.29 is 4.74 Å². The molecule has 0 bridgehead atoms. The van der Waals surface area contributed by atoms with E-state index in [1.54, 1.807) is 13.3 Å². The van der Waals surface area contributed by atoms with Crippen LogP contribution in [0.25, 0.3) is 11.1 Å². The first kappa shape index (κ1) is 12.6. The molecule has 94 valence electrons. The molecule has 1 aromatic heterocycles. The zero-order valence-electron chi connectivity index (χ0n) is 10.8. The lowest BCUT2D eigenvalue weighted by Crippen LogP contribution is -2.01. The summed E-state index contributed by atoms with van der Waals surface area (Å²) in [5.41, 5.74) is 10.3. The van der Waals surface area contributed by atoms with Gasteiger partial charge in [0.05, 0.1) is 7.11 Å². The van der Waals surface area contributed by atoms with E-state index in [0.717, 1.165) is 28.9 Å². The third-order valence-electron chi connectivity index (χ3n) is 3.09. The summed E-state index contributed by atoms with van der Waals surface area (Å²) in [5.74, 6) is 0.869. The molecular formula is C15H18N2O. The number of benzene rings is 1. The van der Waals surface area contributed by atoms with Crippen LogP contribution in [0.4, 0.5) is 0 Å². The molecule has 0 saturated carbocycles. The van der Waals surface area contributed by atoms with E-state index in [-0.39, 0.29) is 0 Å². The Hall–Kier alpha value is -1.87. The van der Waals surface area contributed by atoms with Gasteiger partial charge in [0.1, 0.15) is 5.75 Å². The highest BCUT2D eigenvalue weighted by atomic mass is 16.5. The number of nitrogens with two attached hydrogens (primary N) is 1. The molecule has 0 fully saturated rings. The van der Waals surface area contributed by atoms with Gasteiger partial charge in [0, 0.05) is 24.5 Å². The summed E-state index contributed by atoms with van der Waals surface area (Å²) in [4.78, 5) is 4.12. The predicted molar refractivity (Wildman–Crippen MR) is 73.5 cm³/mol. The molecule has 0 atom stereocenters. The molecule has 0 saturated heterocycles. The van der Waals surface area contributed by atoms with Crippen molar-refractivity contribution in [3.05, 3.63) is 47.8 Å². The standard InChI is InChI=1S/C15H18N2O/c1-3-11-4-5-15(18-2)14(8-11)13-6-7-17-10-12(13)9-16/h4-8,10H,3,9,16H2,1-2H3. The number of ether oxygens (including phenoxy) is 1. The van der Waals surface area contributed by atoms with Crippen LogP contribution in [0.3, 0.4) is 0 Å². The van der Waals surface area contributed by atoms with Gasteiger partial charge in [0.15, 0.2) is 0 Å². The van der Waals surface area contributed by atoms with Crippen LogP contribution in [0.5, 0.6) is 5.75 Å². The Kier molecular flexibility index (Phi) is 3.95. The van der Waals surface area contributed by atoms with Gasteiger partial charge in [-0.05, 0) is 41.3 Å². The van der Waals surface area contributed by atoms with E-state index in [2.05, 4.69) is 24.0 Å². The third-order valence-corrected chi connectivity index (χ3v) is 3.09. The Bertz CT molecular complexity index is 538. The number of methoxy groups -OCH3 is 1. The van der Waals surface area contributed by atoms with Crippen LogP contribution in [-0.4, -0.2) is 12.1 Å². The maximum absolute atomic E-state index is 5.77. The van der Waals surface area contributed by atoms with Crippen LogP contribution in [0.1, 0.15) is 18.1 Å². The highest BCUT2D eigenvalue weighted by molar-refractivity contribution is 5.73. The Morgan fingerprint density at radius 3 is 2.72 bits per heavy atom. The van der Waals surface area contributed by atoms with Crippen LogP contribution < -0.4 is 10.5 Å². The molecule has 2 N–H and O–H groups in total. The number of pyridine rings is 1. The SMILES string of the molecule is CCc1ccc(OC)c(-c2ccncc2CN)c1. The Labute approximate surface area is 108 Å². The van der Waals surface area contributed by atoms with Gasteiger partial charge in [-0.1, -0.05) is 13.0 Å². The van der Waals surface area contributed by atoms with Gasteiger partial charge in [-0.3, -0.25) is 4.98 Å². The van der Waals surface area contributed by atoms with E-state index < -0.39 is 0 Å². The largest absolute Gasteiger partial charge is 0.496 e. The summed E-state index contributed by atoms with van der Waals surface area (Å²) in [6.07, 6.45) is 4.60. The maximum Gasteiger partial charge on any atom is 0.126 e. The van der Waals surface area contributed by atoms with E-state index in [1.807, 2.05) is 18.3 Å². The van der Waals surface area contributed by atoms with Gasteiger partial charge in [0.25, 0.3) is 0 Å². The normalized spacial score (nSPS) is 10.4. The molecule has 3 heteroatoms. The molecule has 1 aromatic carbocycles. The van der Waals surface area contributed by atoms with Gasteiger partial charge in [0.2, 0.25) is 0 Å². The summed E-state index contributed by atoms with van der Waals surface area (Å²) < 4.78 is 5.44. The van der Waals surface area contributed by atoms with Gasteiger partial charge in [-0.2, -0.15) is 0 Å². The van der Waals surface area contributed by atoms with Crippen molar-refractivity contribution in [1.29, 1.82) is 0 Å². The molecule has 0 unspecified atom stereocenters. The minimum Gasteiger partial charge on any atom is -0.496 e. The fraction of sp³-hybridized carbons (Fsp3) is 0.267. The smallest absolute Gasteiger partial charge is 0.126 e. The topological polar surface area (TPSA) is 48.1 Å². The lowest BCUT2D eigenvalue weighted by molar-refractivity contribution is 0.416. The second-order valence-corrected chi connectivity index (χ2v) is 4.13. The number of hydrogen-bond donors (Lipinski definition) is 1. The Morgan fingerprint density at radius 2 is 2.06 bits per heavy atom. The van der Waals surface area contributed by atoms with Crippen molar-refractivity contribution in [1.82, 2.24) is 4.98 Å². The maximum atomic E-state index is 5.77. The van der Waals surface area contributed by atoms with E-state index in [4.69, 9.17) is 10.5 Å². The summed E-state index contributed by atoms with van der Waals surface area (Å²) in [5, 5.41) is 0. The predicted octanol–water partition coefficient (Wildman–Crippen LogP) is 2.78. The molecule has 2 aromatic rings. The van der Waals surface area contributed by atoms with Crippen LogP contribution >= 0.6 is 0 Å². The number of hydrogen-bond acceptors (Lipinski definition) is 3. The molecule has 0 spiro atoms. The minimum absolute atomic E-state index is 0.475. The van der Waals surface area contributed by atoms with Gasteiger partial charge in [-0.15, -0.1) is 0 Å². The molecule has 2 rings (SSSR count). The molecule has 0 aliphatic carbocycles. The van der Waals surface area contributed by atoms with E-state index in [1.165, 1.54) is 5.56 Å². The fourth-order valence-electron chi connectivity index (χ4n) is 2.04. The van der Waals surface area contributed by atoms with Crippen LogP contribution in [0.15, 0.2) is 36.7 Å². The first-order valence-corrected chi connectivity index (χ1v) is 6.10. The summed E-state index contributed by atoms with van der Waals surface area (Å²) in [6.45, 7) is 2.62. The lowest BCUT2D eigenvalue weighted by Gasteiger charge is -2.13. The number of aryl methyl sites for hydroxylation is 1. The third kappa shape index (κ3) is 2.36. The summed E-state index contributed by atoms with van der Waals surface area (Å²) in [7, 11) is 1.69. The Balaban J connectivity index is 2.60. The highest BCUT2D eigenvalue weighted by Gasteiger charge is 2.10. The molecular weight excluding hydrogens is 224 g/mol. The second kappa shape index (κ2) is 5.65. The quantitative estimate of drug-likeness (QED) is 0.896. The van der Waals surface area contributed by atoms with Crippen LogP contribution in [-0.2, 0) is 13.0 Å². The van der Waals surface area contributed by atoms with Crippen LogP contribution in [0, 0.1) is 0 Å². The van der Waals surface area contributed by atoms with E-state index >= 15 is 0 Å². The minimum atomic E-state index is 0.475. The van der Waals surface area contributed by atoms with Crippen molar-refractivity contribution in [2.24, 2.45) is 5.73 Å². The van der Waals surface area contributed by atoms with Gasteiger partial charge < -0.3 is 10.5 Å². The monoisotopic (exact) mass is 242 g/mol. The average Bonchev–Trinajstić information content (AvgIpc) is 2.46. The van der Waals surface area contributed by atoms with Crippen LogP contribution in [0.2, 0.25) is 0 Å². The second-order valence-electron chi connectivity index (χ2n) is 4.13. The van der Waals surface area contributed by atoms with E-state index in [9.17, 15) is 0 Å². The summed E-state index contributed by atoms with van der Waals surface area (Å²) in [6, 6.07) is 8.24. The van der Waals surface area contributed by atoms with Crippen molar-refractivity contribution in [2.45, 2.75) is 19.9 Å². The first-order valence-electron chi connectivity index (χ1n) is 6.10. The zero-order valence-corrected chi connectivity index (χ0v) is 10.8. The number of aromatic nitrogens is 1. The Morgan fingerprint density at radius 1 is 1.22 bits per heavy atom. The molecule has 3 nitrogen and oxygen atoms in total. The van der Waals surface area contributed by atoms with Crippen molar-refractivity contribution in [3.8, 4) is 16.9 Å². The number of nitrogens with zero attached hydrogens (tertiary/aromatic N) is 1. The average molecular weight is 242 g/mol. The van der Waals surface area contributed by atoms with Gasteiger partial charge in [-0.25, -0.2) is 0 Å². The molecule has 18 heavy (non-hydrogen) atoms. The molecule has 0 aliphatic rings. The lowest BCUT2D eigenvalue weighted by atomic mass is 9.98. The highest BCUT2D eigenvalue weighted by Crippen LogP contribution is 2.32. The van der Waals surface area contributed by atoms with Crippen molar-refractivity contribution in [3.63, 3.8) is 0 Å². The molecule has 0 amide bonds. The number of rotatable bonds is 4. The molecule has 0 aliphatic heterocycles. The fourth-order valence-corrected chi connectivity index (χ4v) is 2.04. The van der Waals surface area contributed by atoms with Gasteiger partial charge >= 0.3 is 0 Å². The first-order chi connectivity index (χ1) is 8.80. The zero-order chi connectivity index (χ0) is 13.0. The van der Waals surface area contributed by atoms with Crippen molar-refractivity contribution in [2.75, 3.05) is 7.11 Å².